The van der Waals surface area contributed by atoms with Crippen molar-refractivity contribution in [2.24, 2.45) is 11.7 Å². The number of hydrogen-bond acceptors (Lipinski definition) is 2. The monoisotopic (exact) mass is 287 g/mol. The van der Waals surface area contributed by atoms with Crippen LogP contribution >= 0.6 is 0 Å². The molecular weight excluding hydrogens is 265 g/mol. The van der Waals surface area contributed by atoms with Gasteiger partial charge >= 0.3 is 0 Å². The molecule has 0 aliphatic heterocycles. The van der Waals surface area contributed by atoms with Gasteiger partial charge in [0.15, 0.2) is 0 Å². The molecule has 0 radical (unpaired) electrons. The molecule has 1 aliphatic rings. The molecule has 1 atom stereocenters. The van der Waals surface area contributed by atoms with Gasteiger partial charge in [0.25, 0.3) is 0 Å². The highest BCUT2D eigenvalue weighted by Crippen LogP contribution is 2.34. The van der Waals surface area contributed by atoms with E-state index in [4.69, 9.17) is 5.73 Å². The Bertz CT molecular complexity index is 587. The molecule has 0 bridgehead atoms. The smallest absolute Gasteiger partial charge is 0.123 e. The van der Waals surface area contributed by atoms with Crippen molar-refractivity contribution in [3.8, 4) is 11.3 Å². The molecule has 1 unspecified atom stereocenters. The van der Waals surface area contributed by atoms with Gasteiger partial charge < -0.3 is 10.3 Å². The predicted octanol–water partition coefficient (Wildman–Crippen LogP) is 3.77. The molecule has 21 heavy (non-hydrogen) atoms. The Morgan fingerprint density at radius 2 is 2.10 bits per heavy atom. The first-order valence-electron chi connectivity index (χ1n) is 7.77. The van der Waals surface area contributed by atoms with Crippen LogP contribution in [0.4, 0.5) is 4.39 Å². The third-order valence-electron chi connectivity index (χ3n) is 4.58. The standard InChI is InChI=1S/C17H22FN3/c18-15-8-4-7-14(9-15)17-11-20-12-21(17)16(10-19)13-5-2-1-3-6-13/h4,7-9,11-13,16H,1-3,5-6,10,19H2. The number of nitrogens with two attached hydrogens (primary N) is 1. The van der Waals surface area contributed by atoms with Gasteiger partial charge in [-0.3, -0.25) is 0 Å². The van der Waals surface area contributed by atoms with Crippen molar-refractivity contribution in [3.05, 3.63) is 42.6 Å². The van der Waals surface area contributed by atoms with Crippen LogP contribution in [-0.4, -0.2) is 16.1 Å². The maximum absolute atomic E-state index is 13.5. The van der Waals surface area contributed by atoms with Crippen molar-refractivity contribution < 1.29 is 4.39 Å². The molecule has 0 saturated heterocycles. The topological polar surface area (TPSA) is 43.8 Å². The van der Waals surface area contributed by atoms with Gasteiger partial charge in [-0.1, -0.05) is 31.4 Å². The van der Waals surface area contributed by atoms with Crippen molar-refractivity contribution in [1.82, 2.24) is 9.55 Å². The van der Waals surface area contributed by atoms with Crippen LogP contribution in [0.3, 0.4) is 0 Å². The molecule has 0 amide bonds. The summed E-state index contributed by atoms with van der Waals surface area (Å²) in [4.78, 5) is 4.28. The summed E-state index contributed by atoms with van der Waals surface area (Å²) in [5.41, 5.74) is 7.87. The molecule has 1 fully saturated rings. The Morgan fingerprint density at radius 1 is 1.29 bits per heavy atom. The quantitative estimate of drug-likeness (QED) is 0.930. The molecule has 1 saturated carbocycles. The number of aromatic nitrogens is 2. The second-order valence-corrected chi connectivity index (χ2v) is 5.90. The molecule has 1 aliphatic carbocycles. The minimum Gasteiger partial charge on any atom is -0.328 e. The van der Waals surface area contributed by atoms with Gasteiger partial charge in [0.2, 0.25) is 0 Å². The van der Waals surface area contributed by atoms with Crippen LogP contribution in [0.15, 0.2) is 36.8 Å². The van der Waals surface area contributed by atoms with E-state index in [2.05, 4.69) is 9.55 Å². The minimum absolute atomic E-state index is 0.220. The van der Waals surface area contributed by atoms with Crippen LogP contribution < -0.4 is 5.73 Å². The zero-order valence-corrected chi connectivity index (χ0v) is 12.2. The van der Waals surface area contributed by atoms with Gasteiger partial charge in [0, 0.05) is 12.1 Å². The molecule has 1 aromatic carbocycles. The fourth-order valence-corrected chi connectivity index (χ4v) is 3.49. The van der Waals surface area contributed by atoms with Gasteiger partial charge in [-0.2, -0.15) is 0 Å². The maximum atomic E-state index is 13.5. The average Bonchev–Trinajstić information content (AvgIpc) is 2.98. The van der Waals surface area contributed by atoms with E-state index in [1.165, 1.54) is 38.2 Å². The summed E-state index contributed by atoms with van der Waals surface area (Å²) in [6.45, 7) is 0.601. The lowest BCUT2D eigenvalue weighted by molar-refractivity contribution is 0.255. The highest BCUT2D eigenvalue weighted by molar-refractivity contribution is 5.59. The summed E-state index contributed by atoms with van der Waals surface area (Å²) >= 11 is 0. The fourth-order valence-electron chi connectivity index (χ4n) is 3.49. The van der Waals surface area contributed by atoms with Crippen molar-refractivity contribution in [2.45, 2.75) is 38.1 Å². The minimum atomic E-state index is -0.220. The van der Waals surface area contributed by atoms with E-state index in [0.29, 0.717) is 12.5 Å². The van der Waals surface area contributed by atoms with E-state index < -0.39 is 0 Å². The first-order chi connectivity index (χ1) is 10.3. The Kier molecular flexibility index (Phi) is 4.34. The van der Waals surface area contributed by atoms with Crippen LogP contribution in [-0.2, 0) is 0 Å². The first-order valence-corrected chi connectivity index (χ1v) is 7.77. The largest absolute Gasteiger partial charge is 0.328 e. The summed E-state index contributed by atoms with van der Waals surface area (Å²) in [5, 5.41) is 0. The normalized spacial score (nSPS) is 17.8. The van der Waals surface area contributed by atoms with Crippen LogP contribution in [0, 0.1) is 11.7 Å². The fraction of sp³-hybridized carbons (Fsp3) is 0.471. The summed E-state index contributed by atoms with van der Waals surface area (Å²) < 4.78 is 15.6. The first kappa shape index (κ1) is 14.3. The number of nitrogens with zero attached hydrogens (tertiary/aromatic N) is 2. The molecule has 0 spiro atoms. The third-order valence-corrected chi connectivity index (χ3v) is 4.58. The molecule has 1 heterocycles. The van der Waals surface area contributed by atoms with Crippen LogP contribution in [0.25, 0.3) is 11.3 Å². The summed E-state index contributed by atoms with van der Waals surface area (Å²) in [6, 6.07) is 6.94. The van der Waals surface area contributed by atoms with Crippen molar-refractivity contribution in [1.29, 1.82) is 0 Å². The highest BCUT2D eigenvalue weighted by atomic mass is 19.1. The van der Waals surface area contributed by atoms with Gasteiger partial charge in [0.1, 0.15) is 5.82 Å². The van der Waals surface area contributed by atoms with Crippen molar-refractivity contribution >= 4 is 0 Å². The lowest BCUT2D eigenvalue weighted by Crippen LogP contribution is -2.28. The van der Waals surface area contributed by atoms with E-state index in [1.54, 1.807) is 18.3 Å². The zero-order chi connectivity index (χ0) is 14.7. The second kappa shape index (κ2) is 6.39. The summed E-state index contributed by atoms with van der Waals surface area (Å²) in [7, 11) is 0. The molecule has 112 valence electrons. The molecule has 3 rings (SSSR count). The van der Waals surface area contributed by atoms with Gasteiger partial charge in [-0.25, -0.2) is 9.37 Å². The third kappa shape index (κ3) is 3.00. The number of imidazole rings is 1. The van der Waals surface area contributed by atoms with Gasteiger partial charge in [0.05, 0.1) is 24.3 Å². The number of hydrogen-bond donors (Lipinski definition) is 1. The lowest BCUT2D eigenvalue weighted by Gasteiger charge is -2.31. The number of benzene rings is 1. The summed E-state index contributed by atoms with van der Waals surface area (Å²) in [6.07, 6.45) is 9.99. The molecule has 2 aromatic rings. The summed E-state index contributed by atoms with van der Waals surface area (Å²) in [5.74, 6) is 0.382. The molecular formula is C17H22FN3. The Morgan fingerprint density at radius 3 is 2.81 bits per heavy atom. The van der Waals surface area contributed by atoms with Crippen LogP contribution in [0.2, 0.25) is 0 Å². The van der Waals surface area contributed by atoms with Gasteiger partial charge in [-0.15, -0.1) is 0 Å². The number of halogens is 1. The van der Waals surface area contributed by atoms with Crippen molar-refractivity contribution in [2.75, 3.05) is 6.54 Å². The molecule has 3 nitrogen and oxygen atoms in total. The SMILES string of the molecule is NCC(C1CCCCC1)n1cncc1-c1cccc(F)c1. The van der Waals surface area contributed by atoms with Crippen LogP contribution in [0.1, 0.15) is 38.1 Å². The molecule has 4 heteroatoms. The predicted molar refractivity (Wildman–Crippen MR) is 82.3 cm³/mol. The zero-order valence-electron chi connectivity index (χ0n) is 12.2. The lowest BCUT2D eigenvalue weighted by atomic mass is 9.83. The average molecular weight is 287 g/mol. The Labute approximate surface area is 125 Å². The van der Waals surface area contributed by atoms with E-state index in [1.807, 2.05) is 12.4 Å². The van der Waals surface area contributed by atoms with Crippen LogP contribution in [0.5, 0.6) is 0 Å². The maximum Gasteiger partial charge on any atom is 0.123 e. The Balaban J connectivity index is 1.93. The van der Waals surface area contributed by atoms with E-state index in [0.717, 1.165) is 11.3 Å². The van der Waals surface area contributed by atoms with Gasteiger partial charge in [-0.05, 0) is 30.9 Å². The van der Waals surface area contributed by atoms with E-state index in [-0.39, 0.29) is 11.9 Å². The number of rotatable bonds is 4. The van der Waals surface area contributed by atoms with Crippen molar-refractivity contribution in [3.63, 3.8) is 0 Å². The Hall–Kier alpha value is -1.68. The molecule has 2 N–H and O–H groups in total. The highest BCUT2D eigenvalue weighted by Gasteiger charge is 2.25. The molecule has 1 aromatic heterocycles. The van der Waals surface area contributed by atoms with E-state index in [9.17, 15) is 4.39 Å². The second-order valence-electron chi connectivity index (χ2n) is 5.90. The van der Waals surface area contributed by atoms with E-state index >= 15 is 0 Å².